The van der Waals surface area contributed by atoms with E-state index in [0.29, 0.717) is 24.8 Å². The van der Waals surface area contributed by atoms with Crippen LogP contribution in [0.3, 0.4) is 0 Å². The van der Waals surface area contributed by atoms with E-state index in [9.17, 15) is 17.6 Å². The van der Waals surface area contributed by atoms with Crippen LogP contribution in [0.15, 0.2) is 36.4 Å². The fraction of sp³-hybridized carbons (Fsp3) is 0.360. The van der Waals surface area contributed by atoms with Crippen molar-refractivity contribution in [1.29, 1.82) is 0 Å². The first-order valence-electron chi connectivity index (χ1n) is 10.1. The highest BCUT2D eigenvalue weighted by Gasteiger charge is 2.41. The Morgan fingerprint density at radius 1 is 0.871 bits per heavy atom. The Morgan fingerprint density at radius 3 is 2.03 bits per heavy atom. The van der Waals surface area contributed by atoms with Crippen LogP contribution in [-0.2, 0) is 6.11 Å². The molecule has 2 aromatic rings. The van der Waals surface area contributed by atoms with Gasteiger partial charge in [0, 0.05) is 30.6 Å². The predicted molar refractivity (Wildman–Crippen MR) is 112 cm³/mol. The molecule has 164 valence electrons. The zero-order chi connectivity index (χ0) is 22.7. The molecule has 0 heterocycles. The molecule has 0 fully saturated rings. The average molecular weight is 432 g/mol. The Hall–Kier alpha value is -2.96. The van der Waals surface area contributed by atoms with Gasteiger partial charge in [0.05, 0.1) is 0 Å². The van der Waals surface area contributed by atoms with Crippen LogP contribution in [0.4, 0.5) is 17.6 Å². The summed E-state index contributed by atoms with van der Waals surface area (Å²) in [5, 5.41) is 8.71. The van der Waals surface area contributed by atoms with E-state index >= 15 is 0 Å². The van der Waals surface area contributed by atoms with Crippen molar-refractivity contribution >= 4 is 0 Å². The summed E-state index contributed by atoms with van der Waals surface area (Å²) in [6, 6.07) is 7.04. The van der Waals surface area contributed by atoms with E-state index in [-0.39, 0.29) is 17.9 Å². The van der Waals surface area contributed by atoms with Gasteiger partial charge in [-0.15, -0.1) is 0 Å². The van der Waals surface area contributed by atoms with Crippen molar-refractivity contribution in [1.82, 2.24) is 0 Å². The third-order valence-corrected chi connectivity index (χ3v) is 4.26. The second-order valence-electron chi connectivity index (χ2n) is 6.85. The lowest BCUT2D eigenvalue weighted by molar-refractivity contribution is -0.189. The molecule has 0 aromatic heterocycles. The van der Waals surface area contributed by atoms with Crippen LogP contribution in [-0.4, -0.2) is 11.7 Å². The van der Waals surface area contributed by atoms with E-state index in [2.05, 4.69) is 28.4 Å². The van der Waals surface area contributed by atoms with Gasteiger partial charge in [-0.1, -0.05) is 37.0 Å². The van der Waals surface area contributed by atoms with Gasteiger partial charge in [0.2, 0.25) is 0 Å². The van der Waals surface area contributed by atoms with Crippen LogP contribution < -0.4 is 4.74 Å². The van der Waals surface area contributed by atoms with Gasteiger partial charge in [-0.25, -0.2) is 8.78 Å². The van der Waals surface area contributed by atoms with Crippen molar-refractivity contribution in [2.45, 2.75) is 51.6 Å². The van der Waals surface area contributed by atoms with E-state index in [1.54, 1.807) is 0 Å². The molecule has 2 aromatic carbocycles. The Morgan fingerprint density at radius 2 is 1.45 bits per heavy atom. The summed E-state index contributed by atoms with van der Waals surface area (Å²) in [5.41, 5.74) is -0.880. The predicted octanol–water partition coefficient (Wildman–Crippen LogP) is 6.15. The van der Waals surface area contributed by atoms with E-state index < -0.39 is 23.3 Å². The minimum absolute atomic E-state index is 0.00688. The molecule has 0 saturated carbocycles. The number of rotatable bonds is 8. The Balaban J connectivity index is 2.11. The fourth-order valence-electron chi connectivity index (χ4n) is 2.65. The quantitative estimate of drug-likeness (QED) is 0.308. The molecule has 0 unspecified atom stereocenters. The van der Waals surface area contributed by atoms with E-state index in [4.69, 9.17) is 5.11 Å². The van der Waals surface area contributed by atoms with E-state index in [1.165, 1.54) is 24.3 Å². The average Bonchev–Trinajstić information content (AvgIpc) is 2.71. The van der Waals surface area contributed by atoms with Gasteiger partial charge in [0.15, 0.2) is 0 Å². The molecule has 31 heavy (non-hydrogen) atoms. The van der Waals surface area contributed by atoms with E-state index in [1.807, 2.05) is 6.92 Å². The van der Waals surface area contributed by atoms with Gasteiger partial charge in [-0.2, -0.15) is 8.78 Å². The SMILES string of the molecule is CCCCC#Cc1cc(F)c(C(F)(F)Oc2ccc(C#CCCCCO)cc2)c(F)c1. The molecule has 0 saturated heterocycles. The first kappa shape index (κ1) is 24.3. The highest BCUT2D eigenvalue weighted by Crippen LogP contribution is 2.35. The molecule has 0 bridgehead atoms. The monoisotopic (exact) mass is 432 g/mol. The zero-order valence-corrected chi connectivity index (χ0v) is 17.3. The molecule has 2 rings (SSSR count). The molecule has 0 aliphatic heterocycles. The number of hydrogen-bond donors (Lipinski definition) is 1. The second kappa shape index (κ2) is 12.0. The van der Waals surface area contributed by atoms with Gasteiger partial charge in [0.1, 0.15) is 22.9 Å². The maximum Gasteiger partial charge on any atom is 0.432 e. The summed E-state index contributed by atoms with van der Waals surface area (Å²) in [4.78, 5) is 0. The number of alkyl halides is 2. The van der Waals surface area contributed by atoms with Gasteiger partial charge < -0.3 is 9.84 Å². The number of ether oxygens (including phenoxy) is 1. The first-order chi connectivity index (χ1) is 14.9. The number of benzene rings is 2. The summed E-state index contributed by atoms with van der Waals surface area (Å²) in [7, 11) is 0. The van der Waals surface area contributed by atoms with Gasteiger partial charge >= 0.3 is 6.11 Å². The molecule has 0 amide bonds. The van der Waals surface area contributed by atoms with Crippen molar-refractivity contribution in [3.05, 3.63) is 64.7 Å². The molecule has 0 aliphatic carbocycles. The lowest BCUT2D eigenvalue weighted by Crippen LogP contribution is -2.25. The van der Waals surface area contributed by atoms with Crippen LogP contribution in [0.2, 0.25) is 0 Å². The van der Waals surface area contributed by atoms with Crippen LogP contribution in [0.5, 0.6) is 5.75 Å². The molecule has 6 heteroatoms. The number of aliphatic hydroxyl groups is 1. The molecule has 1 N–H and O–H groups in total. The van der Waals surface area contributed by atoms with Crippen LogP contribution >= 0.6 is 0 Å². The number of unbranched alkanes of at least 4 members (excludes halogenated alkanes) is 4. The lowest BCUT2D eigenvalue weighted by Gasteiger charge is -2.19. The molecule has 0 spiro atoms. The van der Waals surface area contributed by atoms with Crippen molar-refractivity contribution in [3.63, 3.8) is 0 Å². The van der Waals surface area contributed by atoms with Crippen LogP contribution in [0.1, 0.15) is 62.1 Å². The third kappa shape index (κ3) is 7.66. The molecule has 0 atom stereocenters. The Labute approximate surface area is 180 Å². The number of halogens is 4. The lowest BCUT2D eigenvalue weighted by atomic mass is 10.1. The number of aliphatic hydroxyl groups excluding tert-OH is 1. The topological polar surface area (TPSA) is 29.5 Å². The maximum atomic E-state index is 14.5. The summed E-state index contributed by atoms with van der Waals surface area (Å²) < 4.78 is 62.1. The summed E-state index contributed by atoms with van der Waals surface area (Å²) in [5.74, 6) is 8.03. The summed E-state index contributed by atoms with van der Waals surface area (Å²) >= 11 is 0. The fourth-order valence-corrected chi connectivity index (χ4v) is 2.65. The normalized spacial score (nSPS) is 10.6. The number of hydrogen-bond acceptors (Lipinski definition) is 2. The van der Waals surface area contributed by atoms with Crippen LogP contribution in [0, 0.1) is 35.3 Å². The molecule has 0 radical (unpaired) electrons. The van der Waals surface area contributed by atoms with Crippen molar-refractivity contribution < 1.29 is 27.4 Å². The summed E-state index contributed by atoms with van der Waals surface area (Å²) in [6.07, 6.45) is 0.152. The maximum absolute atomic E-state index is 14.5. The third-order valence-electron chi connectivity index (χ3n) is 4.26. The van der Waals surface area contributed by atoms with Gasteiger partial charge in [0.25, 0.3) is 0 Å². The molecule has 0 aliphatic rings. The minimum atomic E-state index is -4.21. The largest absolute Gasteiger partial charge is 0.432 e. The Bertz CT molecular complexity index is 954. The minimum Gasteiger partial charge on any atom is -0.429 e. The second-order valence-corrected chi connectivity index (χ2v) is 6.85. The standard InChI is InChI=1S/C25H24F4O2/c1-2-3-4-7-11-20-17-22(26)24(23(27)18-20)25(28,29)31-21-14-12-19(13-15-21)10-8-5-6-9-16-30/h12-15,17-18,30H,2-6,9,16H2,1H3. The van der Waals surface area contributed by atoms with Crippen molar-refractivity contribution in [2.75, 3.05) is 6.61 Å². The highest BCUT2D eigenvalue weighted by molar-refractivity contribution is 5.41. The highest BCUT2D eigenvalue weighted by atomic mass is 19.3. The zero-order valence-electron chi connectivity index (χ0n) is 17.3. The molecule has 2 nitrogen and oxygen atoms in total. The Kier molecular flexibility index (Phi) is 9.43. The smallest absolute Gasteiger partial charge is 0.429 e. The van der Waals surface area contributed by atoms with Crippen molar-refractivity contribution in [2.24, 2.45) is 0 Å². The summed E-state index contributed by atoms with van der Waals surface area (Å²) in [6.45, 7) is 2.10. The molecular formula is C25H24F4O2. The van der Waals surface area contributed by atoms with Gasteiger partial charge in [-0.3, -0.25) is 0 Å². The van der Waals surface area contributed by atoms with Crippen molar-refractivity contribution in [3.8, 4) is 29.4 Å². The van der Waals surface area contributed by atoms with Crippen LogP contribution in [0.25, 0.3) is 0 Å². The van der Waals surface area contributed by atoms with Gasteiger partial charge in [-0.05, 0) is 55.7 Å². The first-order valence-corrected chi connectivity index (χ1v) is 10.1. The van der Waals surface area contributed by atoms with E-state index in [0.717, 1.165) is 31.4 Å². The molecular weight excluding hydrogens is 408 g/mol.